The summed E-state index contributed by atoms with van der Waals surface area (Å²) in [4.78, 5) is 14.8. The summed E-state index contributed by atoms with van der Waals surface area (Å²) in [7, 11) is 0. The lowest BCUT2D eigenvalue weighted by atomic mass is 9.91. The molecule has 0 unspecified atom stereocenters. The number of unbranched alkanes of at least 4 members (excludes halogenated alkanes) is 1. The third-order valence-electron chi connectivity index (χ3n) is 5.05. The number of hydrogen-bond donors (Lipinski definition) is 1. The van der Waals surface area contributed by atoms with Crippen molar-refractivity contribution < 1.29 is 14.3 Å². The average molecular weight is 363 g/mol. The standard InChI is InChI=1S/C21H34N2O3/c1-4-7-15-25-18-12-10-11-17(16-18)22-21(24)26-20-14-9-8-13-19(20)23(5-2)6-3/h10-12,16,19-20H,4-9,13-15H2,1-3H3,(H,22,24)/t19-,20-/m0/s1. The molecule has 1 aromatic rings. The molecule has 5 nitrogen and oxygen atoms in total. The summed E-state index contributed by atoms with van der Waals surface area (Å²) in [6.45, 7) is 9.13. The summed E-state index contributed by atoms with van der Waals surface area (Å²) in [5.74, 6) is 0.773. The molecule has 0 spiro atoms. The van der Waals surface area contributed by atoms with Crippen LogP contribution >= 0.6 is 0 Å². The van der Waals surface area contributed by atoms with E-state index in [-0.39, 0.29) is 12.2 Å². The van der Waals surface area contributed by atoms with Gasteiger partial charge in [0, 0.05) is 17.8 Å². The lowest BCUT2D eigenvalue weighted by Gasteiger charge is -2.38. The molecule has 26 heavy (non-hydrogen) atoms. The number of hydrogen-bond acceptors (Lipinski definition) is 4. The summed E-state index contributed by atoms with van der Waals surface area (Å²) >= 11 is 0. The van der Waals surface area contributed by atoms with Gasteiger partial charge in [-0.1, -0.05) is 39.7 Å². The van der Waals surface area contributed by atoms with Gasteiger partial charge in [0.2, 0.25) is 0 Å². The van der Waals surface area contributed by atoms with E-state index in [0.29, 0.717) is 18.3 Å². The van der Waals surface area contributed by atoms with Crippen molar-refractivity contribution in [3.63, 3.8) is 0 Å². The normalized spacial score (nSPS) is 20.0. The Bertz CT molecular complexity index is 546. The number of rotatable bonds is 9. The minimum absolute atomic E-state index is 0.0346. The van der Waals surface area contributed by atoms with Crippen molar-refractivity contribution >= 4 is 11.8 Å². The molecule has 0 radical (unpaired) electrons. The summed E-state index contributed by atoms with van der Waals surface area (Å²) in [5.41, 5.74) is 0.708. The van der Waals surface area contributed by atoms with Crippen LogP contribution in [0.4, 0.5) is 10.5 Å². The van der Waals surface area contributed by atoms with E-state index < -0.39 is 0 Å². The van der Waals surface area contributed by atoms with Gasteiger partial charge in [0.15, 0.2) is 0 Å². The van der Waals surface area contributed by atoms with E-state index in [1.165, 1.54) is 6.42 Å². The Morgan fingerprint density at radius 1 is 1.19 bits per heavy atom. The van der Waals surface area contributed by atoms with E-state index >= 15 is 0 Å². The molecule has 2 atom stereocenters. The van der Waals surface area contributed by atoms with Crippen LogP contribution < -0.4 is 10.1 Å². The molecule has 0 heterocycles. The first kappa shape index (κ1) is 20.6. The van der Waals surface area contributed by atoms with Gasteiger partial charge in [-0.15, -0.1) is 0 Å². The fourth-order valence-electron chi connectivity index (χ4n) is 3.61. The fraction of sp³-hybridized carbons (Fsp3) is 0.667. The lowest BCUT2D eigenvalue weighted by Crippen LogP contribution is -2.47. The van der Waals surface area contributed by atoms with Crippen LogP contribution in [-0.2, 0) is 4.74 Å². The highest BCUT2D eigenvalue weighted by Gasteiger charge is 2.31. The molecule has 0 aliphatic heterocycles. The van der Waals surface area contributed by atoms with Crippen LogP contribution in [0.25, 0.3) is 0 Å². The predicted octanol–water partition coefficient (Wildman–Crippen LogP) is 5.07. The molecule has 146 valence electrons. The number of amides is 1. The Kier molecular flexibility index (Phi) is 8.75. The van der Waals surface area contributed by atoms with Crippen LogP contribution in [0.15, 0.2) is 24.3 Å². The van der Waals surface area contributed by atoms with Crippen LogP contribution in [0.5, 0.6) is 5.75 Å². The largest absolute Gasteiger partial charge is 0.494 e. The second kappa shape index (κ2) is 11.1. The lowest BCUT2D eigenvalue weighted by molar-refractivity contribution is 0.0125. The van der Waals surface area contributed by atoms with E-state index in [2.05, 4.69) is 31.0 Å². The highest BCUT2D eigenvalue weighted by molar-refractivity contribution is 5.85. The van der Waals surface area contributed by atoms with Gasteiger partial charge >= 0.3 is 6.09 Å². The Balaban J connectivity index is 1.91. The molecular weight excluding hydrogens is 328 g/mol. The SMILES string of the molecule is CCCCOc1cccc(NC(=O)O[C@H]2CCCC[C@@H]2N(CC)CC)c1. The average Bonchev–Trinajstić information content (AvgIpc) is 2.64. The van der Waals surface area contributed by atoms with Crippen molar-refractivity contribution in [1.29, 1.82) is 0 Å². The first-order valence-corrected chi connectivity index (χ1v) is 10.1. The van der Waals surface area contributed by atoms with Gasteiger partial charge < -0.3 is 9.47 Å². The summed E-state index contributed by atoms with van der Waals surface area (Å²) in [6, 6.07) is 7.82. The van der Waals surface area contributed by atoms with Crippen LogP contribution in [0.1, 0.15) is 59.3 Å². The van der Waals surface area contributed by atoms with Crippen LogP contribution in [0.2, 0.25) is 0 Å². The first-order valence-electron chi connectivity index (χ1n) is 10.1. The van der Waals surface area contributed by atoms with E-state index in [1.807, 2.05) is 24.3 Å². The maximum atomic E-state index is 12.4. The maximum absolute atomic E-state index is 12.4. The zero-order valence-corrected chi connectivity index (χ0v) is 16.5. The van der Waals surface area contributed by atoms with Gasteiger partial charge in [0.05, 0.1) is 6.61 Å². The molecule has 0 aromatic heterocycles. The van der Waals surface area contributed by atoms with E-state index in [0.717, 1.165) is 50.9 Å². The van der Waals surface area contributed by atoms with E-state index in [1.54, 1.807) is 0 Å². The highest BCUT2D eigenvalue weighted by atomic mass is 16.6. The van der Waals surface area contributed by atoms with Crippen molar-refractivity contribution in [2.45, 2.75) is 71.4 Å². The minimum atomic E-state index is -0.375. The number of anilines is 1. The third kappa shape index (κ3) is 6.20. The Morgan fingerprint density at radius 3 is 2.69 bits per heavy atom. The topological polar surface area (TPSA) is 50.8 Å². The number of carbonyl (C=O) groups is 1. The summed E-state index contributed by atoms with van der Waals surface area (Å²) < 4.78 is 11.5. The van der Waals surface area contributed by atoms with Crippen molar-refractivity contribution in [2.75, 3.05) is 25.0 Å². The molecular formula is C21H34N2O3. The van der Waals surface area contributed by atoms with Crippen molar-refractivity contribution in [1.82, 2.24) is 4.90 Å². The van der Waals surface area contributed by atoms with Gasteiger partial charge in [-0.2, -0.15) is 0 Å². The quantitative estimate of drug-likeness (QED) is 0.623. The molecule has 1 aliphatic rings. The molecule has 5 heteroatoms. The third-order valence-corrected chi connectivity index (χ3v) is 5.05. The molecule has 1 N–H and O–H groups in total. The fourth-order valence-corrected chi connectivity index (χ4v) is 3.61. The molecule has 1 saturated carbocycles. The summed E-state index contributed by atoms with van der Waals surface area (Å²) in [5, 5.41) is 2.86. The van der Waals surface area contributed by atoms with Crippen molar-refractivity contribution in [3.8, 4) is 5.75 Å². The predicted molar refractivity (Wildman–Crippen MR) is 106 cm³/mol. The first-order chi connectivity index (χ1) is 12.7. The zero-order chi connectivity index (χ0) is 18.8. The molecule has 1 amide bonds. The molecule has 0 saturated heterocycles. The summed E-state index contributed by atoms with van der Waals surface area (Å²) in [6.07, 6.45) is 6.08. The van der Waals surface area contributed by atoms with Gasteiger partial charge in [0.1, 0.15) is 11.9 Å². The number of carbonyl (C=O) groups excluding carboxylic acids is 1. The van der Waals surface area contributed by atoms with Gasteiger partial charge in [0.25, 0.3) is 0 Å². The van der Waals surface area contributed by atoms with Gasteiger partial charge in [-0.25, -0.2) is 4.79 Å². The number of nitrogens with zero attached hydrogens (tertiary/aromatic N) is 1. The van der Waals surface area contributed by atoms with Gasteiger partial charge in [-0.05, 0) is 50.9 Å². The maximum Gasteiger partial charge on any atom is 0.411 e. The molecule has 0 bridgehead atoms. The monoisotopic (exact) mass is 362 g/mol. The van der Waals surface area contributed by atoms with Crippen LogP contribution in [0.3, 0.4) is 0 Å². The van der Waals surface area contributed by atoms with Crippen molar-refractivity contribution in [3.05, 3.63) is 24.3 Å². The molecule has 2 rings (SSSR count). The minimum Gasteiger partial charge on any atom is -0.494 e. The molecule has 1 aliphatic carbocycles. The Hall–Kier alpha value is -1.75. The van der Waals surface area contributed by atoms with Gasteiger partial charge in [-0.3, -0.25) is 10.2 Å². The molecule has 1 fully saturated rings. The second-order valence-corrected chi connectivity index (χ2v) is 6.87. The number of nitrogens with one attached hydrogen (secondary N) is 1. The second-order valence-electron chi connectivity index (χ2n) is 6.87. The number of benzene rings is 1. The smallest absolute Gasteiger partial charge is 0.411 e. The number of ether oxygens (including phenoxy) is 2. The molecule has 1 aromatic carbocycles. The van der Waals surface area contributed by atoms with Crippen LogP contribution in [0, 0.1) is 0 Å². The van der Waals surface area contributed by atoms with Crippen molar-refractivity contribution in [2.24, 2.45) is 0 Å². The van der Waals surface area contributed by atoms with Crippen LogP contribution in [-0.4, -0.2) is 42.8 Å². The van der Waals surface area contributed by atoms with E-state index in [4.69, 9.17) is 9.47 Å². The Morgan fingerprint density at radius 2 is 1.96 bits per heavy atom. The Labute approximate surface area is 158 Å². The zero-order valence-electron chi connectivity index (χ0n) is 16.5. The number of likely N-dealkylation sites (N-methyl/N-ethyl adjacent to an activating group) is 1. The highest BCUT2D eigenvalue weighted by Crippen LogP contribution is 2.26. The van der Waals surface area contributed by atoms with E-state index in [9.17, 15) is 4.79 Å².